The molecular formula is C29H32O. The number of ether oxygens (including phenoxy) is 1. The van der Waals surface area contributed by atoms with Crippen molar-refractivity contribution in [2.75, 3.05) is 0 Å². The van der Waals surface area contributed by atoms with Gasteiger partial charge in [0.25, 0.3) is 0 Å². The van der Waals surface area contributed by atoms with Gasteiger partial charge in [0, 0.05) is 11.8 Å². The smallest absolute Gasteiger partial charge is 0.0942 e. The summed E-state index contributed by atoms with van der Waals surface area (Å²) in [5, 5.41) is 0. The molecule has 30 heavy (non-hydrogen) atoms. The van der Waals surface area contributed by atoms with Gasteiger partial charge in [0.15, 0.2) is 0 Å². The zero-order valence-corrected chi connectivity index (χ0v) is 18.4. The van der Waals surface area contributed by atoms with Crippen LogP contribution in [0, 0.1) is 5.92 Å². The van der Waals surface area contributed by atoms with Crippen LogP contribution in [-0.2, 0) is 10.2 Å². The molecule has 3 aliphatic carbocycles. The van der Waals surface area contributed by atoms with Gasteiger partial charge in [-0.1, -0.05) is 81.0 Å². The molecule has 3 unspecified atom stereocenters. The molecule has 0 fully saturated rings. The molecule has 154 valence electrons. The molecule has 1 aromatic carbocycles. The normalized spacial score (nSPS) is 26.8. The predicted molar refractivity (Wildman–Crippen MR) is 125 cm³/mol. The molecule has 0 saturated carbocycles. The molecule has 1 heterocycles. The maximum Gasteiger partial charge on any atom is 0.0942 e. The van der Waals surface area contributed by atoms with E-state index in [4.69, 9.17) is 4.74 Å². The first-order valence-electron chi connectivity index (χ1n) is 11.5. The van der Waals surface area contributed by atoms with Crippen molar-refractivity contribution in [2.24, 2.45) is 5.92 Å². The van der Waals surface area contributed by atoms with Crippen LogP contribution in [0.25, 0.3) is 0 Å². The predicted octanol–water partition coefficient (Wildman–Crippen LogP) is 7.76. The van der Waals surface area contributed by atoms with Gasteiger partial charge in [-0.05, 0) is 70.9 Å². The summed E-state index contributed by atoms with van der Waals surface area (Å²) in [6, 6.07) is 7.37. The number of hydrogen-bond donors (Lipinski definition) is 0. The van der Waals surface area contributed by atoms with Crippen LogP contribution >= 0.6 is 0 Å². The average molecular weight is 397 g/mol. The van der Waals surface area contributed by atoms with Gasteiger partial charge in [0.05, 0.1) is 12.5 Å². The Kier molecular flexibility index (Phi) is 4.93. The van der Waals surface area contributed by atoms with Gasteiger partial charge in [0.2, 0.25) is 0 Å². The van der Waals surface area contributed by atoms with Crippen molar-refractivity contribution in [2.45, 2.75) is 63.7 Å². The van der Waals surface area contributed by atoms with Crippen LogP contribution in [0.3, 0.4) is 0 Å². The van der Waals surface area contributed by atoms with Gasteiger partial charge in [-0.3, -0.25) is 0 Å². The van der Waals surface area contributed by atoms with Gasteiger partial charge >= 0.3 is 0 Å². The lowest BCUT2D eigenvalue weighted by Crippen LogP contribution is -2.24. The van der Waals surface area contributed by atoms with E-state index in [-0.39, 0.29) is 5.41 Å². The lowest BCUT2D eigenvalue weighted by molar-refractivity contribution is 0.389. The first-order valence-corrected chi connectivity index (χ1v) is 11.5. The van der Waals surface area contributed by atoms with E-state index in [0.29, 0.717) is 17.8 Å². The van der Waals surface area contributed by atoms with Crippen LogP contribution in [0.1, 0.15) is 75.0 Å². The van der Waals surface area contributed by atoms with Gasteiger partial charge in [-0.2, -0.15) is 0 Å². The van der Waals surface area contributed by atoms with Crippen LogP contribution in [-0.4, -0.2) is 0 Å². The summed E-state index contributed by atoms with van der Waals surface area (Å²) in [5.74, 6) is 1.56. The van der Waals surface area contributed by atoms with Crippen LogP contribution in [0.5, 0.6) is 0 Å². The Labute approximate surface area is 181 Å². The Balaban J connectivity index is 1.57. The fourth-order valence-electron chi connectivity index (χ4n) is 6.03. The average Bonchev–Trinajstić information content (AvgIpc) is 3.02. The van der Waals surface area contributed by atoms with E-state index in [9.17, 15) is 0 Å². The highest BCUT2D eigenvalue weighted by molar-refractivity contribution is 5.54. The number of benzene rings is 1. The van der Waals surface area contributed by atoms with Crippen molar-refractivity contribution < 1.29 is 4.74 Å². The molecule has 0 bridgehead atoms. The Morgan fingerprint density at radius 3 is 2.80 bits per heavy atom. The summed E-state index contributed by atoms with van der Waals surface area (Å²) in [4.78, 5) is 0. The minimum absolute atomic E-state index is 0.170. The highest BCUT2D eigenvalue weighted by Crippen LogP contribution is 2.53. The van der Waals surface area contributed by atoms with Crippen LogP contribution in [0.15, 0.2) is 90.0 Å². The van der Waals surface area contributed by atoms with Crippen LogP contribution < -0.4 is 0 Å². The Morgan fingerprint density at radius 1 is 1.13 bits per heavy atom. The standard InChI is InChI=1S/C29H32O/c1-4-22(24-12-6-5-11-23(24)21-10-9-17-30-19-21)20-15-16-26-25-13-7-8-14-27(25)29(2,3)28(26)18-20/h5,7-9,11,13-19,22,25,27H,4,6,10,12H2,1-3H3. The molecule has 3 atom stereocenters. The van der Waals surface area contributed by atoms with E-state index >= 15 is 0 Å². The molecule has 0 amide bonds. The second-order valence-corrected chi connectivity index (χ2v) is 9.59. The maximum atomic E-state index is 5.52. The molecule has 0 radical (unpaired) electrons. The number of allylic oxidation sites excluding steroid dienone is 10. The topological polar surface area (TPSA) is 9.23 Å². The lowest BCUT2D eigenvalue weighted by Gasteiger charge is -2.30. The molecule has 5 rings (SSSR count). The minimum Gasteiger partial charge on any atom is -0.473 e. The molecule has 1 heteroatoms. The zero-order chi connectivity index (χ0) is 20.7. The molecule has 0 N–H and O–H groups in total. The number of hydrogen-bond acceptors (Lipinski definition) is 1. The first-order chi connectivity index (χ1) is 14.6. The van der Waals surface area contributed by atoms with E-state index in [1.165, 1.54) is 22.3 Å². The number of fused-ring (bicyclic) bond motifs is 3. The summed E-state index contributed by atoms with van der Waals surface area (Å²) in [6.45, 7) is 7.19. The highest BCUT2D eigenvalue weighted by atomic mass is 16.5. The molecule has 1 nitrogen and oxygen atoms in total. The van der Waals surface area contributed by atoms with Crippen LogP contribution in [0.2, 0.25) is 0 Å². The Morgan fingerprint density at radius 2 is 2.00 bits per heavy atom. The van der Waals surface area contributed by atoms with Crippen molar-refractivity contribution in [3.8, 4) is 0 Å². The fraction of sp³-hybridized carbons (Fsp3) is 0.379. The Bertz CT molecular complexity index is 1020. The second kappa shape index (κ2) is 7.61. The third kappa shape index (κ3) is 3.07. The van der Waals surface area contributed by atoms with Crippen molar-refractivity contribution in [1.82, 2.24) is 0 Å². The largest absolute Gasteiger partial charge is 0.473 e. The molecule has 0 saturated heterocycles. The second-order valence-electron chi connectivity index (χ2n) is 9.59. The summed E-state index contributed by atoms with van der Waals surface area (Å²) >= 11 is 0. The van der Waals surface area contributed by atoms with Gasteiger partial charge in [-0.15, -0.1) is 0 Å². The van der Waals surface area contributed by atoms with Gasteiger partial charge in [0.1, 0.15) is 0 Å². The highest BCUT2D eigenvalue weighted by Gasteiger charge is 2.44. The van der Waals surface area contributed by atoms with E-state index in [1.54, 1.807) is 17.4 Å². The molecule has 1 aliphatic heterocycles. The molecule has 0 aromatic heterocycles. The van der Waals surface area contributed by atoms with Gasteiger partial charge in [-0.25, -0.2) is 0 Å². The SMILES string of the molecule is CCC(C1=C(C2=COC=CC2)C=CCC1)c1ccc2c(c1)C(C)(C)C1C=CC=CC21. The van der Waals surface area contributed by atoms with Gasteiger partial charge < -0.3 is 4.74 Å². The van der Waals surface area contributed by atoms with Crippen molar-refractivity contribution in [1.29, 1.82) is 0 Å². The van der Waals surface area contributed by atoms with Crippen molar-refractivity contribution in [3.05, 3.63) is 107 Å². The minimum atomic E-state index is 0.170. The lowest BCUT2D eigenvalue weighted by atomic mass is 9.74. The molecule has 1 aromatic rings. The van der Waals surface area contributed by atoms with Crippen molar-refractivity contribution >= 4 is 0 Å². The summed E-state index contributed by atoms with van der Waals surface area (Å²) in [5.41, 5.74) is 9.01. The fourth-order valence-corrected chi connectivity index (χ4v) is 6.03. The van der Waals surface area contributed by atoms with Crippen molar-refractivity contribution in [3.63, 3.8) is 0 Å². The third-order valence-corrected chi connectivity index (χ3v) is 7.61. The monoisotopic (exact) mass is 396 g/mol. The molecular weight excluding hydrogens is 364 g/mol. The number of rotatable bonds is 4. The van der Waals surface area contributed by atoms with E-state index in [0.717, 1.165) is 25.7 Å². The van der Waals surface area contributed by atoms with E-state index in [1.807, 2.05) is 6.26 Å². The molecule has 0 spiro atoms. The van der Waals surface area contributed by atoms with E-state index < -0.39 is 0 Å². The maximum absolute atomic E-state index is 5.52. The Hall–Kier alpha value is -2.54. The summed E-state index contributed by atoms with van der Waals surface area (Å²) in [6.07, 6.45) is 24.1. The third-order valence-electron chi connectivity index (χ3n) is 7.61. The summed E-state index contributed by atoms with van der Waals surface area (Å²) < 4.78 is 5.52. The first kappa shape index (κ1) is 19.4. The zero-order valence-electron chi connectivity index (χ0n) is 18.4. The summed E-state index contributed by atoms with van der Waals surface area (Å²) in [7, 11) is 0. The van der Waals surface area contributed by atoms with E-state index in [2.05, 4.69) is 81.5 Å². The van der Waals surface area contributed by atoms with Crippen LogP contribution in [0.4, 0.5) is 0 Å². The molecule has 4 aliphatic rings. The quantitative estimate of drug-likeness (QED) is 0.505.